The number of benzene rings is 1. The van der Waals surface area contributed by atoms with Gasteiger partial charge in [0.25, 0.3) is 0 Å². The first-order valence-electron chi connectivity index (χ1n) is 6.02. The normalized spacial score (nSPS) is 21.5. The van der Waals surface area contributed by atoms with Crippen LogP contribution in [0.5, 0.6) is 5.75 Å². The second-order valence-electron chi connectivity index (χ2n) is 4.76. The summed E-state index contributed by atoms with van der Waals surface area (Å²) in [5, 5.41) is 12.3. The van der Waals surface area contributed by atoms with Crippen LogP contribution in [-0.4, -0.2) is 22.7 Å². The molecule has 0 radical (unpaired) electrons. The average Bonchev–Trinajstić information content (AvgIpc) is 2.91. The zero-order chi connectivity index (χ0) is 13.3. The molecule has 1 N–H and O–H groups in total. The highest BCUT2D eigenvalue weighted by Crippen LogP contribution is 2.37. The lowest BCUT2D eigenvalue weighted by molar-refractivity contribution is -0.151. The van der Waals surface area contributed by atoms with Gasteiger partial charge in [-0.1, -0.05) is 18.2 Å². The molecule has 0 amide bonds. The fraction of sp³-hybridized carbons (Fsp3) is 0.286. The van der Waals surface area contributed by atoms with Gasteiger partial charge in [-0.25, -0.2) is 4.98 Å². The minimum atomic E-state index is -0.911. The molecule has 1 aliphatic heterocycles. The molecule has 98 valence electrons. The Morgan fingerprint density at radius 3 is 3.05 bits per heavy atom. The third kappa shape index (κ3) is 2.21. The smallest absolute Gasteiger partial charge is 0.313 e. The Morgan fingerprint density at radius 2 is 2.32 bits per heavy atom. The van der Waals surface area contributed by atoms with E-state index in [1.165, 1.54) is 11.3 Å². The Bertz CT molecular complexity index is 596. The van der Waals surface area contributed by atoms with Crippen molar-refractivity contribution in [1.29, 1.82) is 0 Å². The second-order valence-corrected chi connectivity index (χ2v) is 5.74. The number of hydrogen-bond acceptors (Lipinski definition) is 4. The van der Waals surface area contributed by atoms with Gasteiger partial charge in [-0.15, -0.1) is 11.3 Å². The topological polar surface area (TPSA) is 59.4 Å². The molecule has 1 aromatic carbocycles. The van der Waals surface area contributed by atoms with E-state index in [0.717, 1.165) is 16.3 Å². The number of aliphatic carboxylic acids is 1. The lowest BCUT2D eigenvalue weighted by Crippen LogP contribution is -2.43. The van der Waals surface area contributed by atoms with E-state index in [0.29, 0.717) is 12.8 Å². The minimum absolute atomic E-state index is 0.193. The van der Waals surface area contributed by atoms with Gasteiger partial charge in [0.15, 0.2) is 0 Å². The molecule has 4 nitrogen and oxygen atoms in total. The quantitative estimate of drug-likeness (QED) is 0.934. The van der Waals surface area contributed by atoms with Crippen LogP contribution in [0.25, 0.3) is 0 Å². The summed E-state index contributed by atoms with van der Waals surface area (Å²) >= 11 is 1.48. The van der Waals surface area contributed by atoms with Crippen LogP contribution >= 0.6 is 11.3 Å². The number of nitrogens with zero attached hydrogens (tertiary/aromatic N) is 1. The number of aromatic nitrogens is 1. The van der Waals surface area contributed by atoms with Crippen LogP contribution < -0.4 is 4.74 Å². The van der Waals surface area contributed by atoms with Gasteiger partial charge in [0.1, 0.15) is 17.8 Å². The molecule has 5 heteroatoms. The van der Waals surface area contributed by atoms with Crippen molar-refractivity contribution in [2.75, 3.05) is 6.61 Å². The summed E-state index contributed by atoms with van der Waals surface area (Å²) in [6.45, 7) is 0.193. The maximum atomic E-state index is 11.7. The summed E-state index contributed by atoms with van der Waals surface area (Å²) in [5.74, 6) is -0.0317. The number of carboxylic acids is 1. The van der Waals surface area contributed by atoms with E-state index >= 15 is 0 Å². The van der Waals surface area contributed by atoms with Gasteiger partial charge in [0.05, 0.1) is 5.01 Å². The van der Waals surface area contributed by atoms with E-state index in [1.54, 1.807) is 6.20 Å². The summed E-state index contributed by atoms with van der Waals surface area (Å²) in [6, 6.07) is 7.61. The average molecular weight is 275 g/mol. The van der Waals surface area contributed by atoms with Gasteiger partial charge < -0.3 is 9.84 Å². The van der Waals surface area contributed by atoms with Crippen LogP contribution in [0.3, 0.4) is 0 Å². The number of carboxylic acid groups (broad SMARTS) is 1. The molecule has 0 saturated carbocycles. The zero-order valence-electron chi connectivity index (χ0n) is 10.2. The summed E-state index contributed by atoms with van der Waals surface area (Å²) < 4.78 is 5.65. The highest BCUT2D eigenvalue weighted by atomic mass is 32.1. The van der Waals surface area contributed by atoms with Crippen molar-refractivity contribution < 1.29 is 14.6 Å². The molecule has 0 aliphatic carbocycles. The fourth-order valence-corrected chi connectivity index (χ4v) is 3.14. The van der Waals surface area contributed by atoms with E-state index in [1.807, 2.05) is 29.6 Å². The Kier molecular flexibility index (Phi) is 2.98. The molecule has 0 spiro atoms. The Balaban J connectivity index is 1.93. The Labute approximate surface area is 114 Å². The maximum absolute atomic E-state index is 11.7. The van der Waals surface area contributed by atoms with Crippen molar-refractivity contribution in [3.63, 3.8) is 0 Å². The minimum Gasteiger partial charge on any atom is -0.492 e. The van der Waals surface area contributed by atoms with Crippen LogP contribution in [0, 0.1) is 5.41 Å². The van der Waals surface area contributed by atoms with Crippen molar-refractivity contribution in [3.8, 4) is 5.75 Å². The second kappa shape index (κ2) is 4.66. The van der Waals surface area contributed by atoms with E-state index < -0.39 is 11.4 Å². The molecule has 3 rings (SSSR count). The van der Waals surface area contributed by atoms with Crippen molar-refractivity contribution in [3.05, 3.63) is 46.4 Å². The lowest BCUT2D eigenvalue weighted by atomic mass is 9.78. The van der Waals surface area contributed by atoms with Gasteiger partial charge in [-0.2, -0.15) is 0 Å². The highest BCUT2D eigenvalue weighted by molar-refractivity contribution is 7.09. The number of fused-ring (bicyclic) bond motifs is 1. The number of para-hydroxylation sites is 1. The van der Waals surface area contributed by atoms with E-state index in [2.05, 4.69) is 4.98 Å². The van der Waals surface area contributed by atoms with E-state index in [9.17, 15) is 9.90 Å². The number of hydrogen-bond donors (Lipinski definition) is 1. The number of thiazole rings is 1. The van der Waals surface area contributed by atoms with Gasteiger partial charge in [0, 0.05) is 18.0 Å². The van der Waals surface area contributed by atoms with Crippen LogP contribution in [0.15, 0.2) is 35.8 Å². The molecule has 19 heavy (non-hydrogen) atoms. The molecule has 1 aliphatic rings. The van der Waals surface area contributed by atoms with Crippen molar-refractivity contribution in [2.45, 2.75) is 12.8 Å². The van der Waals surface area contributed by atoms with Crippen molar-refractivity contribution in [2.24, 2.45) is 5.41 Å². The Hall–Kier alpha value is -1.88. The van der Waals surface area contributed by atoms with Gasteiger partial charge in [-0.3, -0.25) is 4.79 Å². The van der Waals surface area contributed by atoms with Crippen LogP contribution in [0.4, 0.5) is 0 Å². The summed E-state index contributed by atoms with van der Waals surface area (Å²) in [4.78, 5) is 15.9. The van der Waals surface area contributed by atoms with E-state index in [4.69, 9.17) is 4.74 Å². The third-order valence-electron chi connectivity index (χ3n) is 3.43. The summed E-state index contributed by atoms with van der Waals surface area (Å²) in [6.07, 6.45) is 2.60. The predicted octanol–water partition coefficient (Wildman–Crippen LogP) is 2.39. The summed E-state index contributed by atoms with van der Waals surface area (Å²) in [7, 11) is 0. The van der Waals surface area contributed by atoms with Crippen LogP contribution in [0.2, 0.25) is 0 Å². The summed E-state index contributed by atoms with van der Waals surface area (Å²) in [5.41, 5.74) is 0.0411. The molecule has 2 aromatic rings. The van der Waals surface area contributed by atoms with Crippen molar-refractivity contribution >= 4 is 17.3 Å². The number of rotatable bonds is 3. The standard InChI is InChI=1S/C14H13NO3S/c16-13(17)14(8-12-15-5-6-19-12)7-10-3-1-2-4-11(10)18-9-14/h1-6H,7-9H2,(H,16,17). The molecular weight excluding hydrogens is 262 g/mol. The molecule has 0 fully saturated rings. The first kappa shape index (κ1) is 12.2. The van der Waals surface area contributed by atoms with Crippen molar-refractivity contribution in [1.82, 2.24) is 4.98 Å². The lowest BCUT2D eigenvalue weighted by Gasteiger charge is -2.33. The molecule has 0 bridgehead atoms. The molecule has 2 heterocycles. The third-order valence-corrected chi connectivity index (χ3v) is 4.21. The first-order chi connectivity index (χ1) is 9.20. The molecular formula is C14H13NO3S. The SMILES string of the molecule is O=C(O)C1(Cc2nccs2)COc2ccccc2C1. The fourth-order valence-electron chi connectivity index (χ4n) is 2.38. The maximum Gasteiger partial charge on any atom is 0.313 e. The van der Waals surface area contributed by atoms with Gasteiger partial charge >= 0.3 is 5.97 Å². The predicted molar refractivity (Wildman–Crippen MR) is 71.5 cm³/mol. The van der Waals surface area contributed by atoms with Gasteiger partial charge in [-0.05, 0) is 18.1 Å². The Morgan fingerprint density at radius 1 is 1.47 bits per heavy atom. The van der Waals surface area contributed by atoms with E-state index in [-0.39, 0.29) is 6.61 Å². The first-order valence-corrected chi connectivity index (χ1v) is 6.90. The molecule has 1 aromatic heterocycles. The molecule has 1 atom stereocenters. The largest absolute Gasteiger partial charge is 0.492 e. The zero-order valence-corrected chi connectivity index (χ0v) is 11.0. The van der Waals surface area contributed by atoms with Crippen LogP contribution in [-0.2, 0) is 17.6 Å². The molecule has 1 unspecified atom stereocenters. The molecule has 0 saturated heterocycles. The number of carbonyl (C=O) groups is 1. The number of ether oxygens (including phenoxy) is 1. The van der Waals surface area contributed by atoms with Gasteiger partial charge in [0.2, 0.25) is 0 Å². The highest BCUT2D eigenvalue weighted by Gasteiger charge is 2.43. The van der Waals surface area contributed by atoms with Crippen LogP contribution in [0.1, 0.15) is 10.6 Å². The monoisotopic (exact) mass is 275 g/mol.